The highest BCUT2D eigenvalue weighted by Crippen LogP contribution is 2.42. The molecule has 2 aliphatic carbocycles. The largest absolute Gasteiger partial charge is 0.381 e. The van der Waals surface area contributed by atoms with Crippen LogP contribution in [0.1, 0.15) is 58.3 Å². The molecule has 8 nitrogen and oxygen atoms in total. The zero-order valence-corrected chi connectivity index (χ0v) is 23.1. The molecule has 2 saturated carbocycles. The van der Waals surface area contributed by atoms with Gasteiger partial charge < -0.3 is 28.8 Å². The second-order valence-electron chi connectivity index (χ2n) is 12.1. The van der Waals surface area contributed by atoms with Crippen molar-refractivity contribution in [1.82, 2.24) is 19.4 Å². The van der Waals surface area contributed by atoms with Crippen LogP contribution in [-0.2, 0) is 27.9 Å². The van der Waals surface area contributed by atoms with E-state index in [0.717, 1.165) is 51.7 Å². The molecule has 36 heavy (non-hydrogen) atoms. The second-order valence-corrected chi connectivity index (χ2v) is 12.1. The number of carbonyl (C=O) groups excluding carboxylic acids is 1. The van der Waals surface area contributed by atoms with Crippen molar-refractivity contribution in [1.29, 1.82) is 5.41 Å². The second kappa shape index (κ2) is 12.3. The Bertz CT molecular complexity index is 901. The first-order chi connectivity index (χ1) is 17.3. The van der Waals surface area contributed by atoms with Crippen LogP contribution in [0.25, 0.3) is 0 Å². The van der Waals surface area contributed by atoms with Gasteiger partial charge in [-0.25, -0.2) is 0 Å². The molecule has 1 aromatic rings. The zero-order chi connectivity index (χ0) is 25.8. The Kier molecular flexibility index (Phi) is 9.34. The fourth-order valence-corrected chi connectivity index (χ4v) is 7.42. The number of hydrogen-bond donors (Lipinski definition) is 2. The van der Waals surface area contributed by atoms with Crippen molar-refractivity contribution in [2.75, 3.05) is 34.4 Å². The average molecular weight is 504 g/mol. The summed E-state index contributed by atoms with van der Waals surface area (Å²) >= 11 is 0. The van der Waals surface area contributed by atoms with Crippen molar-refractivity contribution in [2.45, 2.75) is 83.1 Å². The molecule has 2 N–H and O–H groups in total. The number of ether oxygens (including phenoxy) is 2. The highest BCUT2D eigenvalue weighted by molar-refractivity contribution is 5.78. The molecule has 0 radical (unpaired) electrons. The standard InChI is InChI=1S/C28H49N5O3/c1-19-10-22(6-7-30-19)23-11-20(18-33-9-8-31(2)28(33)29)12-24(15-23)27(34)32(3)17-21-13-25(35-4)16-26(14-21)36-5/h8-9,19-26,29-30H,6-7,10-18H2,1-5H3. The average Bonchev–Trinajstić information content (AvgIpc) is 3.19. The van der Waals surface area contributed by atoms with Crippen molar-refractivity contribution in [3.63, 3.8) is 0 Å². The van der Waals surface area contributed by atoms with Crippen LogP contribution in [0.3, 0.4) is 0 Å². The van der Waals surface area contributed by atoms with E-state index >= 15 is 0 Å². The number of carbonyl (C=O) groups is 1. The molecule has 0 bridgehead atoms. The van der Waals surface area contributed by atoms with Gasteiger partial charge in [0.05, 0.1) is 12.2 Å². The maximum atomic E-state index is 13.8. The monoisotopic (exact) mass is 503 g/mol. The number of imidazole rings is 1. The smallest absolute Gasteiger partial charge is 0.225 e. The lowest BCUT2D eigenvalue weighted by molar-refractivity contribution is -0.138. The normalized spacial score (nSPS) is 35.5. The summed E-state index contributed by atoms with van der Waals surface area (Å²) in [4.78, 5) is 15.8. The van der Waals surface area contributed by atoms with E-state index in [-0.39, 0.29) is 18.1 Å². The predicted octanol–water partition coefficient (Wildman–Crippen LogP) is 3.02. The molecule has 4 rings (SSSR count). The Morgan fingerprint density at radius 1 is 1.03 bits per heavy atom. The Balaban J connectivity index is 1.45. The van der Waals surface area contributed by atoms with Gasteiger partial charge in [0.15, 0.2) is 0 Å². The molecule has 1 amide bonds. The van der Waals surface area contributed by atoms with E-state index in [2.05, 4.69) is 16.8 Å². The number of aromatic nitrogens is 2. The summed E-state index contributed by atoms with van der Waals surface area (Å²) in [7, 11) is 7.49. The van der Waals surface area contributed by atoms with Gasteiger partial charge in [-0.3, -0.25) is 10.2 Å². The number of hydrogen-bond acceptors (Lipinski definition) is 5. The molecule has 3 fully saturated rings. The van der Waals surface area contributed by atoms with Crippen molar-refractivity contribution in [3.05, 3.63) is 18.0 Å². The summed E-state index contributed by atoms with van der Waals surface area (Å²) in [6.07, 6.45) is 12.8. The fraction of sp³-hybridized carbons (Fsp3) is 0.857. The molecular weight excluding hydrogens is 454 g/mol. The van der Waals surface area contributed by atoms with Crippen molar-refractivity contribution >= 4 is 5.91 Å². The maximum Gasteiger partial charge on any atom is 0.225 e. The lowest BCUT2D eigenvalue weighted by Gasteiger charge is -2.42. The Labute approximate surface area is 217 Å². The summed E-state index contributed by atoms with van der Waals surface area (Å²) in [5, 5.41) is 12.0. The molecule has 1 aliphatic heterocycles. The summed E-state index contributed by atoms with van der Waals surface area (Å²) < 4.78 is 15.3. The minimum atomic E-state index is 0.0717. The zero-order valence-electron chi connectivity index (χ0n) is 23.1. The summed E-state index contributed by atoms with van der Waals surface area (Å²) in [6, 6.07) is 0.554. The Hall–Kier alpha value is -1.64. The quantitative estimate of drug-likeness (QED) is 0.571. The summed E-state index contributed by atoms with van der Waals surface area (Å²) in [5.41, 5.74) is 0.533. The number of aryl methyl sites for hydroxylation is 1. The van der Waals surface area contributed by atoms with Gasteiger partial charge in [-0.2, -0.15) is 0 Å². The van der Waals surface area contributed by atoms with Crippen LogP contribution in [0, 0.1) is 35.0 Å². The van der Waals surface area contributed by atoms with E-state index in [9.17, 15) is 4.79 Å². The van der Waals surface area contributed by atoms with Crippen LogP contribution in [0.15, 0.2) is 12.4 Å². The third-order valence-corrected chi connectivity index (χ3v) is 9.35. The minimum Gasteiger partial charge on any atom is -0.381 e. The van der Waals surface area contributed by atoms with Crippen LogP contribution in [-0.4, -0.2) is 72.5 Å². The van der Waals surface area contributed by atoms with E-state index in [4.69, 9.17) is 14.9 Å². The van der Waals surface area contributed by atoms with Gasteiger partial charge >= 0.3 is 0 Å². The molecule has 7 unspecified atom stereocenters. The lowest BCUT2D eigenvalue weighted by Crippen LogP contribution is -2.45. The molecule has 7 atom stereocenters. The van der Waals surface area contributed by atoms with Crippen molar-refractivity contribution < 1.29 is 14.3 Å². The molecule has 1 saturated heterocycles. The number of nitrogens with zero attached hydrogens (tertiary/aromatic N) is 3. The molecule has 2 heterocycles. The highest BCUT2D eigenvalue weighted by atomic mass is 16.5. The molecular formula is C28H49N5O3. The molecule has 0 spiro atoms. The van der Waals surface area contributed by atoms with Crippen LogP contribution in [0.5, 0.6) is 0 Å². The van der Waals surface area contributed by atoms with E-state index in [1.165, 1.54) is 19.3 Å². The van der Waals surface area contributed by atoms with Gasteiger partial charge in [-0.15, -0.1) is 0 Å². The van der Waals surface area contributed by atoms with Crippen LogP contribution in [0.4, 0.5) is 0 Å². The summed E-state index contributed by atoms with van der Waals surface area (Å²) in [5.74, 6) is 2.49. The lowest BCUT2D eigenvalue weighted by atomic mass is 9.67. The van der Waals surface area contributed by atoms with Crippen LogP contribution in [0.2, 0.25) is 0 Å². The van der Waals surface area contributed by atoms with E-state index in [1.54, 1.807) is 14.2 Å². The Morgan fingerprint density at radius 2 is 1.75 bits per heavy atom. The van der Waals surface area contributed by atoms with Gasteiger partial charge in [0.25, 0.3) is 0 Å². The fourth-order valence-electron chi connectivity index (χ4n) is 7.42. The number of amides is 1. The minimum absolute atomic E-state index is 0.0717. The topological polar surface area (TPSA) is 84.5 Å². The Morgan fingerprint density at radius 3 is 2.36 bits per heavy atom. The van der Waals surface area contributed by atoms with E-state index in [1.807, 2.05) is 36.0 Å². The number of nitrogens with one attached hydrogen (secondary N) is 2. The molecule has 3 aliphatic rings. The van der Waals surface area contributed by atoms with Gasteiger partial charge in [0.2, 0.25) is 11.5 Å². The van der Waals surface area contributed by atoms with Crippen molar-refractivity contribution in [2.24, 2.45) is 36.6 Å². The van der Waals surface area contributed by atoms with Gasteiger partial charge in [-0.1, -0.05) is 0 Å². The van der Waals surface area contributed by atoms with Gasteiger partial charge in [0.1, 0.15) is 0 Å². The van der Waals surface area contributed by atoms with Crippen LogP contribution >= 0.6 is 0 Å². The van der Waals surface area contributed by atoms with E-state index < -0.39 is 0 Å². The first kappa shape index (κ1) is 27.4. The SMILES string of the molecule is COC1CC(CN(C)C(=O)C2CC(Cn3ccn(C)c3=N)CC(C3CCNC(C)C3)C2)CC(OC)C1. The van der Waals surface area contributed by atoms with Gasteiger partial charge in [0, 0.05) is 65.8 Å². The molecule has 1 aromatic heterocycles. The number of piperidine rings is 1. The number of methoxy groups -OCH3 is 2. The van der Waals surface area contributed by atoms with Crippen LogP contribution < -0.4 is 10.9 Å². The van der Waals surface area contributed by atoms with Gasteiger partial charge in [-0.05, 0) is 88.5 Å². The predicted molar refractivity (Wildman–Crippen MR) is 140 cm³/mol. The molecule has 8 heteroatoms. The first-order valence-corrected chi connectivity index (χ1v) is 14.1. The maximum absolute atomic E-state index is 13.8. The van der Waals surface area contributed by atoms with E-state index in [0.29, 0.717) is 41.2 Å². The third-order valence-electron chi connectivity index (χ3n) is 9.35. The third kappa shape index (κ3) is 6.62. The highest BCUT2D eigenvalue weighted by Gasteiger charge is 2.39. The van der Waals surface area contributed by atoms with Crippen molar-refractivity contribution in [3.8, 4) is 0 Å². The summed E-state index contributed by atoms with van der Waals surface area (Å²) in [6.45, 7) is 4.98. The molecule has 0 aromatic carbocycles. The molecule has 204 valence electrons. The number of rotatable bonds is 8. The first-order valence-electron chi connectivity index (χ1n) is 14.1.